The molecule has 6 aromatic rings. The molecule has 0 spiro atoms. The third-order valence-electron chi connectivity index (χ3n) is 6.18. The fourth-order valence-corrected chi connectivity index (χ4v) is 6.21. The molecule has 6 rings (SSSR count). The fourth-order valence-electron chi connectivity index (χ4n) is 4.31. The number of para-hydroxylation sites is 2. The summed E-state index contributed by atoms with van der Waals surface area (Å²) in [5.74, 6) is -1.66. The number of pyridine rings is 1. The third-order valence-corrected chi connectivity index (χ3v) is 8.17. The lowest BCUT2D eigenvalue weighted by molar-refractivity contribution is 0.588. The Kier molecular flexibility index (Phi) is 6.28. The first-order valence-corrected chi connectivity index (χ1v) is 13.7. The van der Waals surface area contributed by atoms with Crippen molar-refractivity contribution in [2.45, 2.75) is 11.8 Å². The van der Waals surface area contributed by atoms with Crippen LogP contribution in [0.5, 0.6) is 0 Å². The number of nitrogens with zero attached hydrogens (tertiary/aromatic N) is 5. The summed E-state index contributed by atoms with van der Waals surface area (Å²) in [7, 11) is -4.30. The van der Waals surface area contributed by atoms with Crippen LogP contribution in [0.25, 0.3) is 27.9 Å². The van der Waals surface area contributed by atoms with E-state index in [0.717, 1.165) is 23.2 Å². The number of nitrogens with one attached hydrogen (secondary N) is 2. The molecule has 0 aliphatic heterocycles. The average molecular weight is 578 g/mol. The van der Waals surface area contributed by atoms with E-state index in [-0.39, 0.29) is 21.3 Å². The first kappa shape index (κ1) is 25.6. The second kappa shape index (κ2) is 9.81. The second-order valence-electron chi connectivity index (χ2n) is 8.76. The van der Waals surface area contributed by atoms with Gasteiger partial charge in [0.05, 0.1) is 27.3 Å². The number of hydrogen-bond donors (Lipinski definition) is 2. The first-order valence-electron chi connectivity index (χ1n) is 11.8. The minimum absolute atomic E-state index is 0.0102. The monoisotopic (exact) mass is 577 g/mol. The standard InChI is InChI=1S/C27H18ClF2N7O2S/c1-15-5-4-6-16(28)26(15)40(38,39)36-19-10-9-17(29)24(23(19)30)35-27-25-20(31-13-32-27)11-12-22(34-25)37-14-33-18-7-2-3-8-21(18)37/h2-14,36H,1H3,(H,31,32,35). The topological polar surface area (TPSA) is 115 Å². The molecule has 0 atom stereocenters. The number of anilines is 3. The molecule has 0 saturated carbocycles. The largest absolute Gasteiger partial charge is 0.333 e. The van der Waals surface area contributed by atoms with Crippen LogP contribution in [0.1, 0.15) is 5.56 Å². The Morgan fingerprint density at radius 2 is 1.73 bits per heavy atom. The maximum atomic E-state index is 15.6. The van der Waals surface area contributed by atoms with Gasteiger partial charge in [-0.3, -0.25) is 9.29 Å². The molecule has 0 unspecified atom stereocenters. The van der Waals surface area contributed by atoms with Gasteiger partial charge in [-0.05, 0) is 55.0 Å². The number of sulfonamides is 1. The maximum Gasteiger partial charge on any atom is 0.263 e. The molecule has 3 heterocycles. The summed E-state index contributed by atoms with van der Waals surface area (Å²) in [6, 6.07) is 17.4. The summed E-state index contributed by atoms with van der Waals surface area (Å²) in [5.41, 5.74) is 1.47. The lowest BCUT2D eigenvalue weighted by Gasteiger charge is -2.15. The van der Waals surface area contributed by atoms with Crippen LogP contribution >= 0.6 is 11.6 Å². The van der Waals surface area contributed by atoms with Crippen LogP contribution in [0, 0.1) is 18.6 Å². The van der Waals surface area contributed by atoms with Crippen LogP contribution in [0.4, 0.5) is 26.0 Å². The summed E-state index contributed by atoms with van der Waals surface area (Å²) < 4.78 is 60.5. The summed E-state index contributed by atoms with van der Waals surface area (Å²) in [6.07, 6.45) is 2.84. The van der Waals surface area contributed by atoms with Gasteiger partial charge in [0.1, 0.15) is 40.4 Å². The highest BCUT2D eigenvalue weighted by atomic mass is 35.5. The lowest BCUT2D eigenvalue weighted by atomic mass is 10.2. The van der Waals surface area contributed by atoms with Crippen molar-refractivity contribution < 1.29 is 17.2 Å². The van der Waals surface area contributed by atoms with Crippen LogP contribution in [-0.2, 0) is 10.0 Å². The highest BCUT2D eigenvalue weighted by molar-refractivity contribution is 7.92. The Bertz CT molecular complexity index is 2030. The molecule has 0 saturated heterocycles. The van der Waals surface area contributed by atoms with Gasteiger partial charge in [-0.15, -0.1) is 0 Å². The van der Waals surface area contributed by atoms with Crippen molar-refractivity contribution >= 4 is 60.9 Å². The van der Waals surface area contributed by atoms with Crippen LogP contribution in [0.2, 0.25) is 5.02 Å². The van der Waals surface area contributed by atoms with Gasteiger partial charge in [0.15, 0.2) is 11.6 Å². The number of imidazole rings is 1. The van der Waals surface area contributed by atoms with E-state index in [9.17, 15) is 12.8 Å². The molecule has 0 bridgehead atoms. The van der Waals surface area contributed by atoms with Crippen LogP contribution < -0.4 is 10.0 Å². The second-order valence-corrected chi connectivity index (χ2v) is 10.8. The number of aryl methyl sites for hydroxylation is 1. The van der Waals surface area contributed by atoms with Crippen LogP contribution in [0.3, 0.4) is 0 Å². The van der Waals surface area contributed by atoms with Gasteiger partial charge in [-0.2, -0.15) is 0 Å². The molecule has 0 fully saturated rings. The molecule has 3 aromatic heterocycles. The minimum Gasteiger partial charge on any atom is -0.333 e. The van der Waals surface area contributed by atoms with Gasteiger partial charge in [-0.1, -0.05) is 35.9 Å². The normalized spacial score (nSPS) is 11.7. The van der Waals surface area contributed by atoms with Gasteiger partial charge >= 0.3 is 0 Å². The van der Waals surface area contributed by atoms with Crippen LogP contribution in [0.15, 0.2) is 84.3 Å². The number of aromatic nitrogens is 5. The van der Waals surface area contributed by atoms with Gasteiger partial charge in [0.2, 0.25) is 0 Å². The highest BCUT2D eigenvalue weighted by Crippen LogP contribution is 2.33. The van der Waals surface area contributed by atoms with E-state index >= 15 is 4.39 Å². The van der Waals surface area contributed by atoms with Gasteiger partial charge in [0.25, 0.3) is 10.0 Å². The molecule has 13 heteroatoms. The van der Waals surface area contributed by atoms with Crippen molar-refractivity contribution in [3.05, 3.63) is 102 Å². The predicted octanol–water partition coefficient (Wildman–Crippen LogP) is 6.15. The molecule has 9 nitrogen and oxygen atoms in total. The number of hydrogen-bond acceptors (Lipinski definition) is 7. The lowest BCUT2D eigenvalue weighted by Crippen LogP contribution is -2.16. The zero-order valence-electron chi connectivity index (χ0n) is 20.6. The van der Waals surface area contributed by atoms with Crippen molar-refractivity contribution in [1.82, 2.24) is 24.5 Å². The predicted molar refractivity (Wildman–Crippen MR) is 149 cm³/mol. The van der Waals surface area contributed by atoms with Crippen molar-refractivity contribution in [3.8, 4) is 5.82 Å². The fraction of sp³-hybridized carbons (Fsp3) is 0.0370. The summed E-state index contributed by atoms with van der Waals surface area (Å²) >= 11 is 6.11. The molecule has 40 heavy (non-hydrogen) atoms. The van der Waals surface area contributed by atoms with Crippen molar-refractivity contribution in [3.63, 3.8) is 0 Å². The summed E-state index contributed by atoms with van der Waals surface area (Å²) in [5, 5.41) is 2.60. The molecular formula is C27H18ClF2N7O2S. The van der Waals surface area contributed by atoms with E-state index in [4.69, 9.17) is 11.6 Å². The van der Waals surface area contributed by atoms with E-state index in [2.05, 4.69) is 30.0 Å². The molecule has 0 aliphatic rings. The van der Waals surface area contributed by atoms with Crippen molar-refractivity contribution in [2.24, 2.45) is 0 Å². The Hall–Kier alpha value is -4.68. The van der Waals surface area contributed by atoms with E-state index in [0.29, 0.717) is 16.9 Å². The van der Waals surface area contributed by atoms with Crippen LogP contribution in [-0.4, -0.2) is 32.9 Å². The zero-order valence-corrected chi connectivity index (χ0v) is 22.2. The first-order chi connectivity index (χ1) is 19.2. The molecule has 0 amide bonds. The molecule has 3 aromatic carbocycles. The van der Waals surface area contributed by atoms with E-state index in [1.54, 1.807) is 42.1 Å². The number of fused-ring (bicyclic) bond motifs is 2. The van der Waals surface area contributed by atoms with E-state index in [1.165, 1.54) is 12.4 Å². The summed E-state index contributed by atoms with van der Waals surface area (Å²) in [4.78, 5) is 17.1. The quantitative estimate of drug-likeness (QED) is 0.244. The zero-order chi connectivity index (χ0) is 28.0. The third kappa shape index (κ3) is 4.46. The molecule has 0 radical (unpaired) electrons. The summed E-state index contributed by atoms with van der Waals surface area (Å²) in [6.45, 7) is 1.56. The number of benzene rings is 3. The average Bonchev–Trinajstić information content (AvgIpc) is 3.36. The van der Waals surface area contributed by atoms with Crippen molar-refractivity contribution in [2.75, 3.05) is 10.0 Å². The minimum atomic E-state index is -4.30. The molecule has 200 valence electrons. The Balaban J connectivity index is 1.40. The van der Waals surface area contributed by atoms with E-state index < -0.39 is 33.0 Å². The van der Waals surface area contributed by atoms with Gasteiger partial charge in [-0.25, -0.2) is 37.1 Å². The smallest absolute Gasteiger partial charge is 0.263 e. The highest BCUT2D eigenvalue weighted by Gasteiger charge is 2.24. The number of halogens is 3. The number of rotatable bonds is 6. The van der Waals surface area contributed by atoms with Crippen molar-refractivity contribution in [1.29, 1.82) is 0 Å². The molecule has 2 N–H and O–H groups in total. The van der Waals surface area contributed by atoms with E-state index in [1.807, 2.05) is 24.3 Å². The Labute approximate surface area is 231 Å². The molecular weight excluding hydrogens is 560 g/mol. The SMILES string of the molecule is Cc1cccc(Cl)c1S(=O)(=O)Nc1ccc(F)c(Nc2ncnc3ccc(-n4cnc5ccccc54)nc23)c1F. The Morgan fingerprint density at radius 1 is 0.900 bits per heavy atom. The van der Waals surface area contributed by atoms with Gasteiger partial charge in [0, 0.05) is 0 Å². The molecule has 0 aliphatic carbocycles. The maximum absolute atomic E-state index is 15.6. The van der Waals surface area contributed by atoms with Gasteiger partial charge < -0.3 is 5.32 Å². The Morgan fingerprint density at radius 3 is 2.55 bits per heavy atom.